The van der Waals surface area contributed by atoms with E-state index in [9.17, 15) is 0 Å². The zero-order chi connectivity index (χ0) is 15.0. The van der Waals surface area contributed by atoms with Crippen LogP contribution in [0, 0.1) is 13.8 Å². The van der Waals surface area contributed by atoms with Crippen LogP contribution in [0.3, 0.4) is 0 Å². The van der Waals surface area contributed by atoms with E-state index in [-0.39, 0.29) is 0 Å². The van der Waals surface area contributed by atoms with Crippen molar-refractivity contribution >= 4 is 21.6 Å². The summed E-state index contributed by atoms with van der Waals surface area (Å²) >= 11 is 3.63. The van der Waals surface area contributed by atoms with Crippen LogP contribution in [-0.4, -0.2) is 24.7 Å². The molecule has 1 aromatic rings. The second-order valence-electron chi connectivity index (χ2n) is 7.09. The van der Waals surface area contributed by atoms with Gasteiger partial charge < -0.3 is 10.2 Å². The van der Waals surface area contributed by atoms with E-state index < -0.39 is 0 Å². The average molecular weight is 351 g/mol. The fourth-order valence-electron chi connectivity index (χ4n) is 4.23. The molecule has 3 rings (SSSR count). The van der Waals surface area contributed by atoms with Crippen LogP contribution >= 0.6 is 15.9 Å². The van der Waals surface area contributed by atoms with Crippen LogP contribution in [0.1, 0.15) is 50.2 Å². The van der Waals surface area contributed by atoms with Gasteiger partial charge in [-0.05, 0) is 56.9 Å². The van der Waals surface area contributed by atoms with E-state index in [0.717, 1.165) is 13.1 Å². The summed E-state index contributed by atoms with van der Waals surface area (Å²) in [5.41, 5.74) is 4.59. The van der Waals surface area contributed by atoms with Gasteiger partial charge in [0.05, 0.1) is 0 Å². The smallest absolute Gasteiger partial charge is 0.0429 e. The highest BCUT2D eigenvalue weighted by molar-refractivity contribution is 9.10. The Hall–Kier alpha value is -0.540. The van der Waals surface area contributed by atoms with E-state index in [1.54, 1.807) is 0 Å². The number of hydrogen-bond acceptors (Lipinski definition) is 2. The van der Waals surface area contributed by atoms with E-state index in [0.29, 0.717) is 11.6 Å². The molecule has 0 radical (unpaired) electrons. The minimum absolute atomic E-state index is 0.358. The monoisotopic (exact) mass is 350 g/mol. The normalized spacial score (nSPS) is 25.3. The van der Waals surface area contributed by atoms with E-state index in [1.807, 2.05) is 0 Å². The van der Waals surface area contributed by atoms with Crippen molar-refractivity contribution in [1.29, 1.82) is 0 Å². The molecule has 116 valence electrons. The summed E-state index contributed by atoms with van der Waals surface area (Å²) in [5.74, 6) is 0. The number of nitrogens with one attached hydrogen (secondary N) is 1. The van der Waals surface area contributed by atoms with Gasteiger partial charge in [0.2, 0.25) is 0 Å². The topological polar surface area (TPSA) is 15.3 Å². The van der Waals surface area contributed by atoms with Crippen molar-refractivity contribution in [3.8, 4) is 0 Å². The third-order valence-corrected chi connectivity index (χ3v) is 5.79. The largest absolute Gasteiger partial charge is 0.365 e. The maximum Gasteiger partial charge on any atom is 0.0429 e. The van der Waals surface area contributed by atoms with Crippen molar-refractivity contribution in [1.82, 2.24) is 5.32 Å². The lowest BCUT2D eigenvalue weighted by atomic mass is 9.79. The average Bonchev–Trinajstić information content (AvgIpc) is 2.43. The van der Waals surface area contributed by atoms with Crippen molar-refractivity contribution < 1.29 is 0 Å². The molecule has 3 heteroatoms. The third kappa shape index (κ3) is 3.00. The summed E-state index contributed by atoms with van der Waals surface area (Å²) in [5, 5.41) is 3.88. The Labute approximate surface area is 137 Å². The molecule has 1 aliphatic heterocycles. The van der Waals surface area contributed by atoms with Crippen LogP contribution in [0.5, 0.6) is 0 Å². The van der Waals surface area contributed by atoms with Gasteiger partial charge in [-0.1, -0.05) is 35.2 Å². The predicted molar refractivity (Wildman–Crippen MR) is 94.2 cm³/mol. The van der Waals surface area contributed by atoms with Gasteiger partial charge in [0.1, 0.15) is 0 Å². The fraction of sp³-hybridized carbons (Fsp3) is 0.667. The highest BCUT2D eigenvalue weighted by atomic mass is 79.9. The lowest BCUT2D eigenvalue weighted by molar-refractivity contribution is 0.200. The molecule has 1 spiro atoms. The molecule has 1 heterocycles. The highest BCUT2D eigenvalue weighted by Crippen LogP contribution is 2.37. The number of hydrogen-bond donors (Lipinski definition) is 1. The lowest BCUT2D eigenvalue weighted by Gasteiger charge is -2.50. The van der Waals surface area contributed by atoms with Gasteiger partial charge in [0, 0.05) is 34.8 Å². The number of nitrogens with zero attached hydrogens (tertiary/aromatic N) is 1. The molecule has 21 heavy (non-hydrogen) atoms. The summed E-state index contributed by atoms with van der Waals surface area (Å²) in [6.07, 6.45) is 6.85. The zero-order valence-electron chi connectivity index (χ0n) is 13.5. The first-order valence-corrected chi connectivity index (χ1v) is 9.08. The molecule has 2 fully saturated rings. The number of aryl methyl sites for hydroxylation is 2. The summed E-state index contributed by atoms with van der Waals surface area (Å²) in [4.78, 5) is 2.67. The van der Waals surface area contributed by atoms with E-state index in [2.05, 4.69) is 59.1 Å². The molecule has 1 aliphatic carbocycles. The Kier molecular flexibility index (Phi) is 4.33. The minimum Gasteiger partial charge on any atom is -0.365 e. The SMILES string of the molecule is Cc1cc(Br)cc(C)c1N1CC2(CCCCC2)NCC1C. The van der Waals surface area contributed by atoms with Crippen LogP contribution in [0.25, 0.3) is 0 Å². The maximum absolute atomic E-state index is 3.88. The van der Waals surface area contributed by atoms with Crippen LogP contribution in [0.4, 0.5) is 5.69 Å². The maximum atomic E-state index is 3.88. The number of anilines is 1. The molecule has 1 saturated heterocycles. The number of piperazine rings is 1. The number of rotatable bonds is 1. The fourth-order valence-corrected chi connectivity index (χ4v) is 4.92. The van der Waals surface area contributed by atoms with Crippen LogP contribution in [0.2, 0.25) is 0 Å². The zero-order valence-corrected chi connectivity index (χ0v) is 15.1. The molecule has 0 aromatic heterocycles. The van der Waals surface area contributed by atoms with Crippen LogP contribution in [-0.2, 0) is 0 Å². The van der Waals surface area contributed by atoms with Crippen molar-refractivity contribution in [2.24, 2.45) is 0 Å². The summed E-state index contributed by atoms with van der Waals surface area (Å²) in [6.45, 7) is 9.11. The quantitative estimate of drug-likeness (QED) is 0.798. The van der Waals surface area contributed by atoms with Crippen molar-refractivity contribution in [3.63, 3.8) is 0 Å². The Morgan fingerprint density at radius 3 is 2.38 bits per heavy atom. The molecule has 2 aliphatic rings. The third-order valence-electron chi connectivity index (χ3n) is 5.33. The van der Waals surface area contributed by atoms with Crippen molar-refractivity contribution in [3.05, 3.63) is 27.7 Å². The van der Waals surface area contributed by atoms with Gasteiger partial charge in [-0.3, -0.25) is 0 Å². The number of halogens is 1. The van der Waals surface area contributed by atoms with Gasteiger partial charge in [-0.15, -0.1) is 0 Å². The summed E-state index contributed by atoms with van der Waals surface area (Å²) in [7, 11) is 0. The predicted octanol–water partition coefficient (Wildman–Crippen LogP) is 4.57. The second kappa shape index (κ2) is 5.92. The Bertz CT molecular complexity index is 497. The number of benzene rings is 1. The molecule has 0 amide bonds. The molecule has 1 atom stereocenters. The highest BCUT2D eigenvalue weighted by Gasteiger charge is 2.39. The first kappa shape index (κ1) is 15.4. The molecule has 1 unspecified atom stereocenters. The molecule has 1 N–H and O–H groups in total. The first-order valence-electron chi connectivity index (χ1n) is 8.29. The Morgan fingerprint density at radius 2 is 1.76 bits per heavy atom. The van der Waals surface area contributed by atoms with Crippen LogP contribution < -0.4 is 10.2 Å². The van der Waals surface area contributed by atoms with Crippen molar-refractivity contribution in [2.45, 2.75) is 64.5 Å². The Balaban J connectivity index is 1.92. The van der Waals surface area contributed by atoms with E-state index >= 15 is 0 Å². The second-order valence-corrected chi connectivity index (χ2v) is 8.00. The van der Waals surface area contributed by atoms with Crippen LogP contribution in [0.15, 0.2) is 16.6 Å². The van der Waals surface area contributed by atoms with E-state index in [4.69, 9.17) is 0 Å². The lowest BCUT2D eigenvalue weighted by Crippen LogP contribution is -2.64. The van der Waals surface area contributed by atoms with Gasteiger partial charge in [0.15, 0.2) is 0 Å². The summed E-state index contributed by atoms with van der Waals surface area (Å²) < 4.78 is 1.19. The van der Waals surface area contributed by atoms with E-state index in [1.165, 1.54) is 53.4 Å². The van der Waals surface area contributed by atoms with Gasteiger partial charge >= 0.3 is 0 Å². The molecular formula is C18H27BrN2. The minimum atomic E-state index is 0.358. The van der Waals surface area contributed by atoms with Crippen molar-refractivity contribution in [2.75, 3.05) is 18.0 Å². The molecule has 2 nitrogen and oxygen atoms in total. The molecule has 0 bridgehead atoms. The Morgan fingerprint density at radius 1 is 1.14 bits per heavy atom. The van der Waals surface area contributed by atoms with Gasteiger partial charge in [-0.2, -0.15) is 0 Å². The standard InChI is InChI=1S/C18H27BrN2/c1-13-9-16(19)10-14(2)17(13)21-12-18(20-11-15(21)3)7-5-4-6-8-18/h9-10,15,20H,4-8,11-12H2,1-3H3. The first-order chi connectivity index (χ1) is 10.0. The van der Waals surface area contributed by atoms with Gasteiger partial charge in [0.25, 0.3) is 0 Å². The van der Waals surface area contributed by atoms with Gasteiger partial charge in [-0.25, -0.2) is 0 Å². The molecular weight excluding hydrogens is 324 g/mol. The molecule has 1 aromatic carbocycles. The summed E-state index contributed by atoms with van der Waals surface area (Å²) in [6, 6.07) is 5.08. The molecule has 1 saturated carbocycles.